The zero-order chi connectivity index (χ0) is 18.8. The van der Waals surface area contributed by atoms with Crippen LogP contribution in [0.4, 0.5) is 8.78 Å². The maximum Gasteiger partial charge on any atom is 0.266 e. The van der Waals surface area contributed by atoms with Gasteiger partial charge in [0.05, 0.1) is 16.6 Å². The molecular weight excluding hydrogens is 346 g/mol. The SMILES string of the molecule is O=c1c2ccccc2nc(C=Cc2cccc(F)c2)n1-c1ccccc1F. The number of fused-ring (bicyclic) bond motifs is 1. The van der Waals surface area contributed by atoms with Crippen molar-refractivity contribution in [3.05, 3.63) is 106 Å². The van der Waals surface area contributed by atoms with Crippen LogP contribution in [0.3, 0.4) is 0 Å². The third-order valence-electron chi connectivity index (χ3n) is 4.17. The molecule has 3 nitrogen and oxygen atoms in total. The molecule has 27 heavy (non-hydrogen) atoms. The normalized spacial score (nSPS) is 11.3. The number of hydrogen-bond donors (Lipinski definition) is 0. The van der Waals surface area contributed by atoms with Crippen LogP contribution >= 0.6 is 0 Å². The highest BCUT2D eigenvalue weighted by atomic mass is 19.1. The minimum absolute atomic E-state index is 0.111. The van der Waals surface area contributed by atoms with Crippen molar-refractivity contribution in [1.82, 2.24) is 9.55 Å². The molecule has 3 aromatic carbocycles. The van der Waals surface area contributed by atoms with Gasteiger partial charge in [0.2, 0.25) is 0 Å². The molecular formula is C22H14F2N2O. The van der Waals surface area contributed by atoms with Gasteiger partial charge in [0, 0.05) is 0 Å². The number of halogens is 2. The Bertz CT molecular complexity index is 1230. The van der Waals surface area contributed by atoms with E-state index in [9.17, 15) is 13.6 Å². The van der Waals surface area contributed by atoms with Crippen molar-refractivity contribution in [2.75, 3.05) is 0 Å². The van der Waals surface area contributed by atoms with Gasteiger partial charge in [-0.15, -0.1) is 0 Å². The first kappa shape index (κ1) is 16.8. The summed E-state index contributed by atoms with van der Waals surface area (Å²) in [7, 11) is 0. The van der Waals surface area contributed by atoms with Gasteiger partial charge in [-0.1, -0.05) is 42.5 Å². The molecule has 0 radical (unpaired) electrons. The van der Waals surface area contributed by atoms with E-state index < -0.39 is 5.82 Å². The zero-order valence-corrected chi connectivity index (χ0v) is 14.1. The molecule has 0 bridgehead atoms. The van der Waals surface area contributed by atoms with Crippen LogP contribution in [0.5, 0.6) is 0 Å². The van der Waals surface area contributed by atoms with Crippen LogP contribution in [0.2, 0.25) is 0 Å². The number of hydrogen-bond acceptors (Lipinski definition) is 2. The Balaban J connectivity index is 1.97. The highest BCUT2D eigenvalue weighted by Crippen LogP contribution is 2.17. The largest absolute Gasteiger partial charge is 0.268 e. The Morgan fingerprint density at radius 2 is 1.63 bits per heavy atom. The molecule has 0 atom stereocenters. The van der Waals surface area contributed by atoms with E-state index in [1.54, 1.807) is 60.7 Å². The molecule has 0 saturated heterocycles. The minimum atomic E-state index is -0.530. The number of benzene rings is 3. The molecule has 0 aliphatic carbocycles. The predicted octanol–water partition coefficient (Wildman–Crippen LogP) is 4.83. The first-order valence-electron chi connectivity index (χ1n) is 8.34. The Labute approximate surface area is 153 Å². The molecule has 0 N–H and O–H groups in total. The lowest BCUT2D eigenvalue weighted by Gasteiger charge is -2.12. The van der Waals surface area contributed by atoms with E-state index in [1.165, 1.54) is 28.8 Å². The van der Waals surface area contributed by atoms with Gasteiger partial charge in [-0.2, -0.15) is 0 Å². The van der Waals surface area contributed by atoms with E-state index in [-0.39, 0.29) is 22.9 Å². The summed E-state index contributed by atoms with van der Waals surface area (Å²) in [6.07, 6.45) is 3.21. The van der Waals surface area contributed by atoms with Crippen molar-refractivity contribution in [1.29, 1.82) is 0 Å². The van der Waals surface area contributed by atoms with Crippen LogP contribution < -0.4 is 5.56 Å². The summed E-state index contributed by atoms with van der Waals surface area (Å²) in [6.45, 7) is 0. The molecule has 0 saturated carbocycles. The molecule has 0 spiro atoms. The van der Waals surface area contributed by atoms with Crippen LogP contribution in [-0.4, -0.2) is 9.55 Å². The van der Waals surface area contributed by atoms with Crippen molar-refractivity contribution in [2.45, 2.75) is 0 Å². The average Bonchev–Trinajstić information content (AvgIpc) is 2.68. The highest BCUT2D eigenvalue weighted by molar-refractivity contribution is 5.80. The first-order chi connectivity index (χ1) is 13.1. The second-order valence-electron chi connectivity index (χ2n) is 5.97. The van der Waals surface area contributed by atoms with Gasteiger partial charge in [0.15, 0.2) is 0 Å². The fourth-order valence-corrected chi connectivity index (χ4v) is 2.91. The lowest BCUT2D eigenvalue weighted by molar-refractivity contribution is 0.615. The predicted molar refractivity (Wildman–Crippen MR) is 103 cm³/mol. The van der Waals surface area contributed by atoms with Crippen LogP contribution in [-0.2, 0) is 0 Å². The summed E-state index contributed by atoms with van der Waals surface area (Å²) in [6, 6.07) is 18.9. The number of rotatable bonds is 3. The van der Waals surface area contributed by atoms with E-state index >= 15 is 0 Å². The summed E-state index contributed by atoms with van der Waals surface area (Å²) < 4.78 is 29.0. The van der Waals surface area contributed by atoms with Gasteiger partial charge in [-0.05, 0) is 48.0 Å². The summed E-state index contributed by atoms with van der Waals surface area (Å²) in [5.41, 5.74) is 0.857. The number of nitrogens with zero attached hydrogens (tertiary/aromatic N) is 2. The first-order valence-corrected chi connectivity index (χ1v) is 8.34. The van der Waals surface area contributed by atoms with Gasteiger partial charge in [-0.3, -0.25) is 9.36 Å². The van der Waals surface area contributed by atoms with E-state index in [0.29, 0.717) is 16.5 Å². The maximum atomic E-state index is 14.4. The van der Waals surface area contributed by atoms with E-state index in [4.69, 9.17) is 0 Å². The third kappa shape index (κ3) is 3.27. The molecule has 4 aromatic rings. The van der Waals surface area contributed by atoms with E-state index in [2.05, 4.69) is 4.98 Å². The van der Waals surface area contributed by atoms with Crippen molar-refractivity contribution in [3.63, 3.8) is 0 Å². The molecule has 5 heteroatoms. The average molecular weight is 360 g/mol. The van der Waals surface area contributed by atoms with Crippen LogP contribution in [0.25, 0.3) is 28.7 Å². The summed E-state index contributed by atoms with van der Waals surface area (Å²) in [5.74, 6) is -0.639. The van der Waals surface area contributed by atoms with Crippen molar-refractivity contribution in [3.8, 4) is 5.69 Å². The van der Waals surface area contributed by atoms with Gasteiger partial charge >= 0.3 is 0 Å². The zero-order valence-electron chi connectivity index (χ0n) is 14.1. The lowest BCUT2D eigenvalue weighted by Crippen LogP contribution is -2.23. The monoisotopic (exact) mass is 360 g/mol. The lowest BCUT2D eigenvalue weighted by atomic mass is 10.2. The molecule has 4 rings (SSSR count). The molecule has 1 aromatic heterocycles. The Morgan fingerprint density at radius 1 is 0.852 bits per heavy atom. The molecule has 132 valence electrons. The quantitative estimate of drug-likeness (QED) is 0.524. The molecule has 0 amide bonds. The standard InChI is InChI=1S/C22H14F2N2O/c23-16-7-5-6-15(14-16)12-13-21-25-19-10-3-1-8-17(19)22(27)26(21)20-11-4-2-9-18(20)24/h1-14H. The summed E-state index contributed by atoms with van der Waals surface area (Å²) in [5, 5.41) is 0.392. The fraction of sp³-hybridized carbons (Fsp3) is 0. The van der Waals surface area contributed by atoms with Crippen molar-refractivity contribution >= 4 is 23.1 Å². The Kier molecular flexibility index (Phi) is 4.34. The topological polar surface area (TPSA) is 34.9 Å². The summed E-state index contributed by atoms with van der Waals surface area (Å²) in [4.78, 5) is 17.5. The molecule has 0 aliphatic heterocycles. The van der Waals surface area contributed by atoms with Gasteiger partial charge in [-0.25, -0.2) is 13.8 Å². The van der Waals surface area contributed by atoms with E-state index in [1.807, 2.05) is 0 Å². The summed E-state index contributed by atoms with van der Waals surface area (Å²) >= 11 is 0. The second-order valence-corrected chi connectivity index (χ2v) is 5.97. The smallest absolute Gasteiger partial charge is 0.266 e. The fourth-order valence-electron chi connectivity index (χ4n) is 2.91. The van der Waals surface area contributed by atoms with Gasteiger partial charge in [0.25, 0.3) is 5.56 Å². The van der Waals surface area contributed by atoms with Crippen molar-refractivity contribution < 1.29 is 8.78 Å². The molecule has 0 fully saturated rings. The van der Waals surface area contributed by atoms with E-state index in [0.717, 1.165) is 0 Å². The molecule has 0 unspecified atom stereocenters. The van der Waals surface area contributed by atoms with Gasteiger partial charge in [0.1, 0.15) is 17.5 Å². The third-order valence-corrected chi connectivity index (χ3v) is 4.17. The minimum Gasteiger partial charge on any atom is -0.268 e. The second kappa shape index (κ2) is 6.96. The van der Waals surface area contributed by atoms with Gasteiger partial charge < -0.3 is 0 Å². The Hall–Kier alpha value is -3.60. The molecule has 1 heterocycles. The highest BCUT2D eigenvalue weighted by Gasteiger charge is 2.13. The van der Waals surface area contributed by atoms with Crippen LogP contribution in [0.1, 0.15) is 11.4 Å². The number of para-hydroxylation sites is 2. The van der Waals surface area contributed by atoms with Crippen LogP contribution in [0.15, 0.2) is 77.6 Å². The molecule has 0 aliphatic rings. The number of aromatic nitrogens is 2. The Morgan fingerprint density at radius 3 is 2.44 bits per heavy atom. The van der Waals surface area contributed by atoms with Crippen molar-refractivity contribution in [2.24, 2.45) is 0 Å². The maximum absolute atomic E-state index is 14.4. The van der Waals surface area contributed by atoms with Crippen LogP contribution in [0, 0.1) is 11.6 Å².